The van der Waals surface area contributed by atoms with Gasteiger partial charge in [-0.15, -0.1) is 32.9 Å². The molecule has 0 saturated carbocycles. The number of nitrogens with one attached hydrogen (secondary N) is 1. The van der Waals surface area contributed by atoms with Crippen molar-refractivity contribution in [2.45, 2.75) is 27.7 Å². The Balaban J connectivity index is 0.000000151. The summed E-state index contributed by atoms with van der Waals surface area (Å²) in [6, 6.07) is 24.7. The fourth-order valence-electron chi connectivity index (χ4n) is 6.64. The lowest BCUT2D eigenvalue weighted by Gasteiger charge is -2.19. The fourth-order valence-corrected chi connectivity index (χ4v) is 8.79. The Hall–Kier alpha value is -6.90. The van der Waals surface area contributed by atoms with E-state index in [-0.39, 0.29) is 5.75 Å². The molecule has 14 heteroatoms. The van der Waals surface area contributed by atoms with Crippen LogP contribution in [0, 0.1) is 27.7 Å². The molecule has 10 aromatic rings. The first-order chi connectivity index (χ1) is 28.1. The normalized spacial score (nSPS) is 11.3. The number of ether oxygens (including phenoxy) is 1. The van der Waals surface area contributed by atoms with Gasteiger partial charge in [0.1, 0.15) is 11.4 Å². The molecule has 0 atom stereocenters. The lowest BCUT2D eigenvalue weighted by atomic mass is 10.1. The van der Waals surface area contributed by atoms with Crippen molar-refractivity contribution in [1.82, 2.24) is 39.2 Å². The highest BCUT2D eigenvalue weighted by Crippen LogP contribution is 2.39. The van der Waals surface area contributed by atoms with Crippen molar-refractivity contribution in [2.75, 3.05) is 24.4 Å². The number of aromatic hydroxyl groups is 1. The highest BCUT2D eigenvalue weighted by atomic mass is 32.1. The quantitative estimate of drug-likeness (QED) is 0.161. The van der Waals surface area contributed by atoms with Crippen LogP contribution in [-0.4, -0.2) is 58.4 Å². The summed E-state index contributed by atoms with van der Waals surface area (Å²) in [5.74, 6) is 2.55. The molecule has 0 radical (unpaired) electrons. The summed E-state index contributed by atoms with van der Waals surface area (Å²) in [5, 5.41) is 25.0. The summed E-state index contributed by atoms with van der Waals surface area (Å²) < 4.78 is 11.1. The number of methoxy groups -OCH3 is 1. The number of thiophene rings is 2. The average molecular weight is 803 g/mol. The summed E-state index contributed by atoms with van der Waals surface area (Å²) in [6.07, 6.45) is 10.5. The maximum atomic E-state index is 10.0. The van der Waals surface area contributed by atoms with Crippen molar-refractivity contribution in [1.29, 1.82) is 0 Å². The standard InChI is InChI=1S/C23H21N5OS.C21H17N5OS/c1-14-5-6-17(9-15(14)2)27(3)22-8-7-21-25-12-18(28(21)26-22)20-10-16-11-24-13-19(29-4)23(16)30-20;1-12-3-4-15(7-13(12)2)24-19-5-6-20-23-10-16(26(20)25-19)18-8-14-9-22-11-17(27)21(14)28-18/h5-13H,1-4H3;3-11,27H,1-2H3,(H,24,25). The average Bonchev–Trinajstić information content (AvgIpc) is 4.04. The van der Waals surface area contributed by atoms with E-state index in [9.17, 15) is 5.11 Å². The first-order valence-corrected chi connectivity index (χ1v) is 20.1. The van der Waals surface area contributed by atoms with Gasteiger partial charge in [-0.25, -0.2) is 19.0 Å². The van der Waals surface area contributed by atoms with Gasteiger partial charge in [0.25, 0.3) is 0 Å². The van der Waals surface area contributed by atoms with Gasteiger partial charge in [-0.1, -0.05) is 12.1 Å². The molecule has 0 aliphatic heterocycles. The third-order valence-electron chi connectivity index (χ3n) is 10.2. The van der Waals surface area contributed by atoms with E-state index in [4.69, 9.17) is 14.9 Å². The Kier molecular flexibility index (Phi) is 9.42. The first-order valence-electron chi connectivity index (χ1n) is 18.5. The van der Waals surface area contributed by atoms with E-state index in [1.165, 1.54) is 39.8 Å². The molecule has 2 aromatic carbocycles. The topological polar surface area (TPSA) is 131 Å². The number of rotatable bonds is 7. The molecule has 8 aromatic heterocycles. The van der Waals surface area contributed by atoms with Crippen LogP contribution in [0.1, 0.15) is 22.3 Å². The van der Waals surface area contributed by atoms with Crippen LogP contribution in [0.3, 0.4) is 0 Å². The number of hydrogen-bond acceptors (Lipinski definition) is 12. The Morgan fingerprint density at radius 2 is 1.26 bits per heavy atom. The molecule has 58 heavy (non-hydrogen) atoms. The molecule has 8 heterocycles. The summed E-state index contributed by atoms with van der Waals surface area (Å²) in [4.78, 5) is 21.5. The second-order valence-electron chi connectivity index (χ2n) is 14.0. The minimum absolute atomic E-state index is 0.188. The van der Waals surface area contributed by atoms with E-state index in [2.05, 4.69) is 94.2 Å². The number of aromatic nitrogens is 8. The summed E-state index contributed by atoms with van der Waals surface area (Å²) in [6.45, 7) is 8.44. The monoisotopic (exact) mass is 802 g/mol. The number of aryl methyl sites for hydroxylation is 4. The van der Waals surface area contributed by atoms with E-state index >= 15 is 0 Å². The van der Waals surface area contributed by atoms with Crippen LogP contribution < -0.4 is 15.0 Å². The van der Waals surface area contributed by atoms with Gasteiger partial charge in [0.15, 0.2) is 34.4 Å². The van der Waals surface area contributed by atoms with Crippen molar-refractivity contribution < 1.29 is 9.84 Å². The number of hydrogen-bond donors (Lipinski definition) is 2. The van der Waals surface area contributed by atoms with E-state index in [1.807, 2.05) is 64.9 Å². The number of anilines is 4. The van der Waals surface area contributed by atoms with Gasteiger partial charge < -0.3 is 20.1 Å². The van der Waals surface area contributed by atoms with Crippen molar-refractivity contribution >= 4 is 77.2 Å². The van der Waals surface area contributed by atoms with Crippen LogP contribution in [0.2, 0.25) is 0 Å². The molecule has 0 unspecified atom stereocenters. The van der Waals surface area contributed by atoms with Crippen molar-refractivity contribution in [3.63, 3.8) is 0 Å². The maximum absolute atomic E-state index is 10.0. The second kappa shape index (κ2) is 14.9. The minimum atomic E-state index is 0.188. The van der Waals surface area contributed by atoms with Crippen molar-refractivity contribution in [3.05, 3.63) is 132 Å². The van der Waals surface area contributed by atoms with Crippen LogP contribution in [-0.2, 0) is 0 Å². The zero-order chi connectivity index (χ0) is 40.1. The van der Waals surface area contributed by atoms with E-state index in [1.54, 1.807) is 37.0 Å². The zero-order valence-electron chi connectivity index (χ0n) is 32.6. The molecular weight excluding hydrogens is 765 g/mol. The Bertz CT molecular complexity index is 3150. The fraction of sp³-hybridized carbons (Fsp3) is 0.136. The lowest BCUT2D eigenvalue weighted by molar-refractivity contribution is 0.419. The molecule has 12 nitrogen and oxygen atoms in total. The Morgan fingerprint density at radius 3 is 1.93 bits per heavy atom. The summed E-state index contributed by atoms with van der Waals surface area (Å²) in [5.41, 5.74) is 10.5. The van der Waals surface area contributed by atoms with Crippen LogP contribution >= 0.6 is 22.7 Å². The van der Waals surface area contributed by atoms with Crippen molar-refractivity contribution in [2.24, 2.45) is 0 Å². The summed E-state index contributed by atoms with van der Waals surface area (Å²) >= 11 is 3.15. The van der Waals surface area contributed by atoms with Gasteiger partial charge in [-0.3, -0.25) is 9.97 Å². The molecule has 0 aliphatic carbocycles. The molecule has 0 fully saturated rings. The summed E-state index contributed by atoms with van der Waals surface area (Å²) in [7, 11) is 3.70. The second-order valence-corrected chi connectivity index (χ2v) is 16.2. The Morgan fingerprint density at radius 1 is 0.638 bits per heavy atom. The molecule has 0 spiro atoms. The molecule has 0 aliphatic rings. The smallest absolute Gasteiger partial charge is 0.154 e. The molecule has 0 saturated heterocycles. The van der Waals surface area contributed by atoms with Crippen molar-refractivity contribution in [3.8, 4) is 32.6 Å². The predicted molar refractivity (Wildman–Crippen MR) is 235 cm³/mol. The molecule has 10 rings (SSSR count). The van der Waals surface area contributed by atoms with Gasteiger partial charge >= 0.3 is 0 Å². The number of pyridine rings is 2. The minimum Gasteiger partial charge on any atom is -0.505 e. The van der Waals surface area contributed by atoms with Crippen LogP contribution in [0.15, 0.2) is 110 Å². The molecular formula is C44H38N10O2S2. The maximum Gasteiger partial charge on any atom is 0.154 e. The van der Waals surface area contributed by atoms with Crippen LogP contribution in [0.5, 0.6) is 11.5 Å². The molecule has 2 N–H and O–H groups in total. The number of imidazole rings is 2. The van der Waals surface area contributed by atoms with Gasteiger partial charge in [0.2, 0.25) is 0 Å². The number of benzene rings is 2. The highest BCUT2D eigenvalue weighted by Gasteiger charge is 2.16. The van der Waals surface area contributed by atoms with Crippen LogP contribution in [0.25, 0.3) is 52.6 Å². The molecule has 0 amide bonds. The molecule has 288 valence electrons. The van der Waals surface area contributed by atoms with E-state index < -0.39 is 0 Å². The van der Waals surface area contributed by atoms with E-state index in [0.717, 1.165) is 81.4 Å². The van der Waals surface area contributed by atoms with E-state index in [0.29, 0.717) is 0 Å². The highest BCUT2D eigenvalue weighted by molar-refractivity contribution is 7.23. The zero-order valence-corrected chi connectivity index (χ0v) is 34.2. The predicted octanol–water partition coefficient (Wildman–Crippen LogP) is 10.5. The number of fused-ring (bicyclic) bond motifs is 4. The number of nitrogens with zero attached hydrogens (tertiary/aromatic N) is 9. The third kappa shape index (κ3) is 6.82. The van der Waals surface area contributed by atoms with Gasteiger partial charge in [-0.05, 0) is 111 Å². The molecule has 0 bridgehead atoms. The van der Waals surface area contributed by atoms with Crippen LogP contribution in [0.4, 0.5) is 23.0 Å². The lowest BCUT2D eigenvalue weighted by Crippen LogP contribution is -2.13. The van der Waals surface area contributed by atoms with Gasteiger partial charge in [0, 0.05) is 41.6 Å². The Labute approximate surface area is 341 Å². The SMILES string of the molecule is COc1cncc2cc(-c3cnc4ccc(N(C)c5ccc(C)c(C)c5)nn34)sc12.Cc1ccc(Nc2ccc3ncc(-c4cc5cncc(O)c5s4)n3n2)cc1C. The largest absolute Gasteiger partial charge is 0.505 e. The van der Waals surface area contributed by atoms with Gasteiger partial charge in [-0.2, -0.15) is 0 Å². The van der Waals surface area contributed by atoms with Gasteiger partial charge in [0.05, 0.1) is 51.1 Å². The first kappa shape index (κ1) is 36.7. The third-order valence-corrected chi connectivity index (χ3v) is 12.6.